The van der Waals surface area contributed by atoms with E-state index in [2.05, 4.69) is 10.1 Å². The molecule has 6 nitrogen and oxygen atoms in total. The Labute approximate surface area is 152 Å². The minimum absolute atomic E-state index is 0.00511. The fourth-order valence-corrected chi connectivity index (χ4v) is 3.47. The van der Waals surface area contributed by atoms with Gasteiger partial charge in [-0.2, -0.15) is 10.4 Å². The summed E-state index contributed by atoms with van der Waals surface area (Å²) in [6, 6.07) is 4.83. The first-order chi connectivity index (χ1) is 13.0. The zero-order valence-electron chi connectivity index (χ0n) is 14.2. The predicted octanol–water partition coefficient (Wildman–Crippen LogP) is 3.18. The largest absolute Gasteiger partial charge is 0.493 e. The summed E-state index contributed by atoms with van der Waals surface area (Å²) in [7, 11) is 1.28. The van der Waals surface area contributed by atoms with Crippen molar-refractivity contribution in [3.8, 4) is 11.8 Å². The van der Waals surface area contributed by atoms with Gasteiger partial charge in [-0.15, -0.1) is 0 Å². The molecule has 1 fully saturated rings. The van der Waals surface area contributed by atoms with Gasteiger partial charge in [-0.1, -0.05) is 0 Å². The molecule has 1 aliphatic rings. The van der Waals surface area contributed by atoms with Gasteiger partial charge in [-0.3, -0.25) is 0 Å². The van der Waals surface area contributed by atoms with Crippen LogP contribution in [0.15, 0.2) is 30.6 Å². The van der Waals surface area contributed by atoms with Gasteiger partial charge in [0.25, 0.3) is 0 Å². The SMILES string of the molecule is COc1c(F)cc(F)cc1[C@H]1C[C@H](F)CN1c1ccn2ncc(C#N)c2n1. The van der Waals surface area contributed by atoms with Crippen LogP contribution in [0.4, 0.5) is 19.0 Å². The quantitative estimate of drug-likeness (QED) is 0.706. The highest BCUT2D eigenvalue weighted by atomic mass is 19.1. The molecule has 27 heavy (non-hydrogen) atoms. The first-order valence-corrected chi connectivity index (χ1v) is 8.20. The number of rotatable bonds is 3. The second kappa shape index (κ2) is 6.46. The molecule has 2 aromatic heterocycles. The lowest BCUT2D eigenvalue weighted by Gasteiger charge is -2.27. The summed E-state index contributed by atoms with van der Waals surface area (Å²) >= 11 is 0. The van der Waals surface area contributed by atoms with Crippen LogP contribution < -0.4 is 9.64 Å². The number of benzene rings is 1. The van der Waals surface area contributed by atoms with Gasteiger partial charge < -0.3 is 9.64 Å². The molecule has 0 radical (unpaired) electrons. The van der Waals surface area contributed by atoms with Gasteiger partial charge in [0.2, 0.25) is 0 Å². The maximum Gasteiger partial charge on any atom is 0.175 e. The first-order valence-electron chi connectivity index (χ1n) is 8.20. The summed E-state index contributed by atoms with van der Waals surface area (Å²) in [6.07, 6.45) is 1.82. The van der Waals surface area contributed by atoms with Crippen molar-refractivity contribution in [1.29, 1.82) is 5.26 Å². The highest BCUT2D eigenvalue weighted by Crippen LogP contribution is 2.41. The number of nitriles is 1. The molecule has 0 bridgehead atoms. The van der Waals surface area contributed by atoms with E-state index in [1.165, 1.54) is 17.8 Å². The first kappa shape index (κ1) is 17.1. The Bertz CT molecular complexity index is 1060. The summed E-state index contributed by atoms with van der Waals surface area (Å²) in [5, 5.41) is 13.2. The van der Waals surface area contributed by atoms with Crippen molar-refractivity contribution in [2.24, 2.45) is 0 Å². The molecule has 0 spiro atoms. The molecule has 3 aromatic rings. The van der Waals surface area contributed by atoms with Gasteiger partial charge in [0, 0.05) is 24.2 Å². The van der Waals surface area contributed by atoms with Crippen LogP contribution in [0.2, 0.25) is 0 Å². The van der Waals surface area contributed by atoms with E-state index in [0.29, 0.717) is 11.5 Å². The van der Waals surface area contributed by atoms with Crippen molar-refractivity contribution in [1.82, 2.24) is 14.6 Å². The normalized spacial score (nSPS) is 19.4. The Morgan fingerprint density at radius 1 is 1.33 bits per heavy atom. The summed E-state index contributed by atoms with van der Waals surface area (Å²) in [5.41, 5.74) is 0.818. The number of anilines is 1. The van der Waals surface area contributed by atoms with Crippen LogP contribution in [0.25, 0.3) is 5.65 Å². The van der Waals surface area contributed by atoms with Crippen LogP contribution >= 0.6 is 0 Å². The summed E-state index contributed by atoms with van der Waals surface area (Å²) in [4.78, 5) is 6.03. The molecule has 138 valence electrons. The summed E-state index contributed by atoms with van der Waals surface area (Å²) in [5.74, 6) is -1.35. The smallest absolute Gasteiger partial charge is 0.175 e. The second-order valence-corrected chi connectivity index (χ2v) is 6.24. The lowest BCUT2D eigenvalue weighted by Crippen LogP contribution is -2.25. The predicted molar refractivity (Wildman–Crippen MR) is 90.2 cm³/mol. The van der Waals surface area contributed by atoms with E-state index >= 15 is 0 Å². The highest BCUT2D eigenvalue weighted by Gasteiger charge is 2.37. The maximum absolute atomic E-state index is 14.3. The Kier molecular flexibility index (Phi) is 4.11. The fraction of sp³-hybridized carbons (Fsp3) is 0.278. The third-order valence-corrected chi connectivity index (χ3v) is 4.62. The zero-order valence-corrected chi connectivity index (χ0v) is 14.2. The highest BCUT2D eigenvalue weighted by molar-refractivity contribution is 5.59. The van der Waals surface area contributed by atoms with Crippen molar-refractivity contribution in [3.63, 3.8) is 0 Å². The van der Waals surface area contributed by atoms with Gasteiger partial charge in [0.15, 0.2) is 17.2 Å². The Hall–Kier alpha value is -3.28. The van der Waals surface area contributed by atoms with Crippen LogP contribution in [-0.2, 0) is 0 Å². The minimum atomic E-state index is -1.20. The van der Waals surface area contributed by atoms with Gasteiger partial charge in [-0.05, 0) is 12.1 Å². The molecule has 9 heteroatoms. The molecule has 3 heterocycles. The van der Waals surface area contributed by atoms with E-state index in [-0.39, 0.29) is 29.8 Å². The molecule has 1 aliphatic heterocycles. The average Bonchev–Trinajstić information content (AvgIpc) is 3.23. The van der Waals surface area contributed by atoms with E-state index in [9.17, 15) is 13.2 Å². The van der Waals surface area contributed by atoms with E-state index in [4.69, 9.17) is 10.00 Å². The summed E-state index contributed by atoms with van der Waals surface area (Å²) < 4.78 is 48.7. The number of hydrogen-bond donors (Lipinski definition) is 0. The van der Waals surface area contributed by atoms with Gasteiger partial charge in [-0.25, -0.2) is 22.7 Å². The van der Waals surface area contributed by atoms with Crippen LogP contribution in [0.5, 0.6) is 5.75 Å². The number of fused-ring (bicyclic) bond motifs is 1. The van der Waals surface area contributed by atoms with Gasteiger partial charge in [0.05, 0.1) is 25.9 Å². The van der Waals surface area contributed by atoms with Crippen molar-refractivity contribution in [2.45, 2.75) is 18.6 Å². The topological polar surface area (TPSA) is 66.5 Å². The molecule has 0 aliphatic carbocycles. The molecule has 1 saturated heterocycles. The average molecular weight is 373 g/mol. The number of alkyl halides is 1. The number of ether oxygens (including phenoxy) is 1. The number of methoxy groups -OCH3 is 1. The molecule has 0 N–H and O–H groups in total. The standard InChI is InChI=1S/C18H14F3N5O/c1-27-17-13(4-11(19)5-14(17)21)15-6-12(20)9-25(15)16-2-3-26-18(24-16)10(7-22)8-23-26/h2-5,8,12,15H,6,9H2,1H3/t12-,15+/m0/s1. The maximum atomic E-state index is 14.3. The lowest BCUT2D eigenvalue weighted by atomic mass is 10.0. The van der Waals surface area contributed by atoms with Crippen molar-refractivity contribution in [3.05, 3.63) is 53.4 Å². The third-order valence-electron chi connectivity index (χ3n) is 4.62. The van der Waals surface area contributed by atoms with Gasteiger partial charge in [0.1, 0.15) is 29.4 Å². The Morgan fingerprint density at radius 2 is 2.15 bits per heavy atom. The fourth-order valence-electron chi connectivity index (χ4n) is 3.47. The molecule has 1 aromatic carbocycles. The Balaban J connectivity index is 1.82. The molecule has 0 unspecified atom stereocenters. The monoisotopic (exact) mass is 373 g/mol. The van der Waals surface area contributed by atoms with Crippen LogP contribution in [0, 0.1) is 23.0 Å². The Morgan fingerprint density at radius 3 is 2.89 bits per heavy atom. The van der Waals surface area contributed by atoms with E-state index in [1.54, 1.807) is 17.2 Å². The molecule has 4 rings (SSSR count). The lowest BCUT2D eigenvalue weighted by molar-refractivity contribution is 0.350. The molecule has 2 atom stereocenters. The van der Waals surface area contributed by atoms with Crippen molar-refractivity contribution in [2.75, 3.05) is 18.6 Å². The molecule has 0 amide bonds. The third kappa shape index (κ3) is 2.83. The van der Waals surface area contributed by atoms with E-state index in [1.807, 2.05) is 6.07 Å². The molecule has 0 saturated carbocycles. The van der Waals surface area contributed by atoms with Gasteiger partial charge >= 0.3 is 0 Å². The number of halogens is 3. The van der Waals surface area contributed by atoms with Crippen molar-refractivity contribution >= 4 is 11.5 Å². The van der Waals surface area contributed by atoms with E-state index < -0.39 is 23.8 Å². The minimum Gasteiger partial charge on any atom is -0.493 e. The zero-order chi connectivity index (χ0) is 19.1. The van der Waals surface area contributed by atoms with Crippen molar-refractivity contribution < 1.29 is 17.9 Å². The van der Waals surface area contributed by atoms with Crippen LogP contribution in [0.1, 0.15) is 23.6 Å². The molecular formula is C18H14F3N5O. The van der Waals surface area contributed by atoms with Crippen LogP contribution in [-0.4, -0.2) is 34.4 Å². The number of aromatic nitrogens is 3. The second-order valence-electron chi connectivity index (χ2n) is 6.24. The summed E-state index contributed by atoms with van der Waals surface area (Å²) in [6.45, 7) is 0.00511. The number of nitrogens with zero attached hydrogens (tertiary/aromatic N) is 5. The van der Waals surface area contributed by atoms with Crippen LogP contribution in [0.3, 0.4) is 0 Å². The number of hydrogen-bond acceptors (Lipinski definition) is 5. The molecular weight excluding hydrogens is 359 g/mol. The van der Waals surface area contributed by atoms with E-state index in [0.717, 1.165) is 12.1 Å².